The average Bonchev–Trinajstić information content (AvgIpc) is 2.95. The van der Waals surface area contributed by atoms with Crippen molar-refractivity contribution in [1.82, 2.24) is 0 Å². The Balaban J connectivity index is 1.96. The minimum atomic E-state index is -1.18. The number of rotatable bonds is 1. The largest absolute Gasteiger partial charge is 0.323 e. The summed E-state index contributed by atoms with van der Waals surface area (Å²) in [6.45, 7) is 1.77. The quantitative estimate of drug-likeness (QED) is 0.875. The first-order valence-electron chi connectivity index (χ1n) is 7.22. The van der Waals surface area contributed by atoms with Crippen LogP contribution in [0, 0.1) is 5.82 Å². The maximum Gasteiger partial charge on any atom is 0.266 e. The summed E-state index contributed by atoms with van der Waals surface area (Å²) in [4.78, 5) is 25.8. The third-order valence-corrected chi connectivity index (χ3v) is 5.63. The Morgan fingerprint density at radius 1 is 1.17 bits per heavy atom. The van der Waals surface area contributed by atoms with E-state index in [1.165, 1.54) is 34.9 Å². The fraction of sp³-hybridized carbons (Fsp3) is 0.176. The Bertz CT molecular complexity index is 841. The lowest BCUT2D eigenvalue weighted by molar-refractivity contribution is -0.122. The molecule has 23 heavy (non-hydrogen) atoms. The van der Waals surface area contributed by atoms with E-state index in [1.54, 1.807) is 19.1 Å². The van der Waals surface area contributed by atoms with Gasteiger partial charge in [0, 0.05) is 16.9 Å². The molecule has 0 aliphatic carbocycles. The molecule has 4 nitrogen and oxygen atoms in total. The van der Waals surface area contributed by atoms with Crippen LogP contribution < -0.4 is 10.2 Å². The van der Waals surface area contributed by atoms with Crippen LogP contribution in [-0.4, -0.2) is 17.1 Å². The van der Waals surface area contributed by atoms with Gasteiger partial charge in [-0.2, -0.15) is 0 Å². The van der Waals surface area contributed by atoms with Gasteiger partial charge in [0.15, 0.2) is 0 Å². The summed E-state index contributed by atoms with van der Waals surface area (Å²) >= 11 is 1.29. The number of hydrogen-bond donors (Lipinski definition) is 1. The molecule has 2 heterocycles. The molecule has 2 amide bonds. The number of fused-ring (bicyclic) bond motifs is 2. The second-order valence-corrected chi connectivity index (χ2v) is 7.09. The second kappa shape index (κ2) is 4.83. The molecule has 0 unspecified atom stereocenters. The predicted octanol–water partition coefficient (Wildman–Crippen LogP) is 3.10. The Morgan fingerprint density at radius 2 is 1.96 bits per heavy atom. The fourth-order valence-electron chi connectivity index (χ4n) is 3.18. The number of thioether (sulfide) groups is 1. The van der Waals surface area contributed by atoms with Crippen molar-refractivity contribution in [2.45, 2.75) is 17.0 Å². The van der Waals surface area contributed by atoms with Gasteiger partial charge in [-0.25, -0.2) is 4.39 Å². The van der Waals surface area contributed by atoms with E-state index in [4.69, 9.17) is 0 Å². The van der Waals surface area contributed by atoms with Gasteiger partial charge in [0.05, 0.1) is 5.25 Å². The van der Waals surface area contributed by atoms with Crippen molar-refractivity contribution in [2.75, 3.05) is 10.2 Å². The molecule has 2 aromatic carbocycles. The highest BCUT2D eigenvalue weighted by molar-refractivity contribution is 8.03. The number of carbonyl (C=O) groups excluding carboxylic acids is 2. The molecule has 4 rings (SSSR count). The predicted molar refractivity (Wildman–Crippen MR) is 87.7 cm³/mol. The van der Waals surface area contributed by atoms with Crippen LogP contribution in [0.3, 0.4) is 0 Å². The standard InChI is InChI=1S/C17H13FN2O2S/c1-10-15(21)20(12-6-4-5-11(18)9-12)17(23-10)13-7-2-3-8-14(13)19-16(17)22/h2-10H,1H3,(H,19,22)/t10-,17-/m0/s1. The fourth-order valence-corrected chi connectivity index (χ4v) is 4.66. The molecule has 2 aromatic rings. The van der Waals surface area contributed by atoms with Crippen molar-refractivity contribution in [3.05, 3.63) is 59.9 Å². The van der Waals surface area contributed by atoms with Gasteiger partial charge in [-0.05, 0) is 31.2 Å². The summed E-state index contributed by atoms with van der Waals surface area (Å²) in [5.74, 6) is -0.917. The summed E-state index contributed by atoms with van der Waals surface area (Å²) in [6.07, 6.45) is 0. The molecule has 1 spiro atoms. The first kappa shape index (κ1) is 14.3. The maximum atomic E-state index is 13.7. The van der Waals surface area contributed by atoms with Gasteiger partial charge in [0.25, 0.3) is 5.91 Å². The van der Waals surface area contributed by atoms with Gasteiger partial charge in [-0.1, -0.05) is 24.3 Å². The lowest BCUT2D eigenvalue weighted by Gasteiger charge is -2.32. The van der Waals surface area contributed by atoms with Crippen LogP contribution in [0.1, 0.15) is 12.5 Å². The highest BCUT2D eigenvalue weighted by atomic mass is 32.2. The Labute approximate surface area is 136 Å². The van der Waals surface area contributed by atoms with E-state index in [0.717, 1.165) is 5.56 Å². The van der Waals surface area contributed by atoms with E-state index in [2.05, 4.69) is 5.32 Å². The van der Waals surface area contributed by atoms with Crippen LogP contribution in [0.5, 0.6) is 0 Å². The van der Waals surface area contributed by atoms with Gasteiger partial charge in [0.2, 0.25) is 10.8 Å². The van der Waals surface area contributed by atoms with Crippen LogP contribution in [0.2, 0.25) is 0 Å². The number of nitrogens with one attached hydrogen (secondary N) is 1. The third kappa shape index (κ3) is 1.84. The molecular weight excluding hydrogens is 315 g/mol. The normalized spacial score (nSPS) is 25.8. The third-order valence-electron chi connectivity index (χ3n) is 4.14. The van der Waals surface area contributed by atoms with Crippen molar-refractivity contribution in [2.24, 2.45) is 0 Å². The Hall–Kier alpha value is -2.34. The molecule has 0 bridgehead atoms. The molecule has 2 aliphatic heterocycles. The summed E-state index contributed by atoms with van der Waals surface area (Å²) in [5.41, 5.74) is 1.81. The first-order valence-corrected chi connectivity index (χ1v) is 8.10. The van der Waals surface area contributed by atoms with Crippen molar-refractivity contribution < 1.29 is 14.0 Å². The summed E-state index contributed by atoms with van der Waals surface area (Å²) in [5, 5.41) is 2.44. The molecule has 116 valence electrons. The smallest absolute Gasteiger partial charge is 0.266 e. The van der Waals surface area contributed by atoms with Gasteiger partial charge in [-0.3, -0.25) is 14.5 Å². The molecular formula is C17H13FN2O2S. The van der Waals surface area contributed by atoms with E-state index in [-0.39, 0.29) is 11.8 Å². The summed E-state index contributed by atoms with van der Waals surface area (Å²) < 4.78 is 13.7. The zero-order valence-corrected chi connectivity index (χ0v) is 13.1. The zero-order chi connectivity index (χ0) is 16.2. The van der Waals surface area contributed by atoms with Crippen LogP contribution >= 0.6 is 11.8 Å². The van der Waals surface area contributed by atoms with Crippen LogP contribution in [0.4, 0.5) is 15.8 Å². The number of nitrogens with zero attached hydrogens (tertiary/aromatic N) is 1. The second-order valence-electron chi connectivity index (χ2n) is 5.56. The van der Waals surface area contributed by atoms with Crippen LogP contribution in [0.15, 0.2) is 48.5 Å². The highest BCUT2D eigenvalue weighted by Crippen LogP contribution is 2.55. The minimum absolute atomic E-state index is 0.201. The molecule has 6 heteroatoms. The lowest BCUT2D eigenvalue weighted by Crippen LogP contribution is -2.47. The molecule has 2 atom stereocenters. The molecule has 1 saturated heterocycles. The number of anilines is 2. The Morgan fingerprint density at radius 3 is 2.74 bits per heavy atom. The summed E-state index contributed by atoms with van der Waals surface area (Å²) in [7, 11) is 0. The lowest BCUT2D eigenvalue weighted by atomic mass is 10.0. The topological polar surface area (TPSA) is 49.4 Å². The van der Waals surface area contributed by atoms with E-state index < -0.39 is 15.9 Å². The van der Waals surface area contributed by atoms with Crippen molar-refractivity contribution in [3.8, 4) is 0 Å². The monoisotopic (exact) mass is 328 g/mol. The van der Waals surface area contributed by atoms with Crippen LogP contribution in [0.25, 0.3) is 0 Å². The first-order chi connectivity index (χ1) is 11.0. The summed E-state index contributed by atoms with van der Waals surface area (Å²) in [6, 6.07) is 13.1. The number of benzene rings is 2. The van der Waals surface area contributed by atoms with Gasteiger partial charge in [-0.15, -0.1) is 11.8 Å². The highest BCUT2D eigenvalue weighted by Gasteiger charge is 2.60. The molecule has 0 aromatic heterocycles. The molecule has 1 fully saturated rings. The average molecular weight is 328 g/mol. The molecule has 0 radical (unpaired) electrons. The van der Waals surface area contributed by atoms with Gasteiger partial charge >= 0.3 is 0 Å². The SMILES string of the molecule is C[C@@H]1S[C@@]2(C(=O)Nc3ccccc32)N(c2cccc(F)c2)C1=O. The number of hydrogen-bond acceptors (Lipinski definition) is 3. The maximum absolute atomic E-state index is 13.7. The van der Waals surface area contributed by atoms with Crippen molar-refractivity contribution >= 4 is 35.0 Å². The molecule has 0 saturated carbocycles. The number of halogens is 1. The molecule has 1 N–H and O–H groups in total. The van der Waals surface area contributed by atoms with Crippen molar-refractivity contribution in [1.29, 1.82) is 0 Å². The van der Waals surface area contributed by atoms with E-state index in [9.17, 15) is 14.0 Å². The minimum Gasteiger partial charge on any atom is -0.323 e. The van der Waals surface area contributed by atoms with Crippen LogP contribution in [-0.2, 0) is 14.5 Å². The zero-order valence-electron chi connectivity index (χ0n) is 12.2. The van der Waals surface area contributed by atoms with E-state index in [0.29, 0.717) is 11.4 Å². The number of carbonyl (C=O) groups is 2. The number of para-hydroxylation sites is 1. The number of amides is 2. The van der Waals surface area contributed by atoms with E-state index >= 15 is 0 Å². The van der Waals surface area contributed by atoms with Crippen molar-refractivity contribution in [3.63, 3.8) is 0 Å². The molecule has 2 aliphatic rings. The van der Waals surface area contributed by atoms with E-state index in [1.807, 2.05) is 18.2 Å². The van der Waals surface area contributed by atoms with Gasteiger partial charge < -0.3 is 5.32 Å². The Kier molecular flexibility index (Phi) is 2.99. The van der Waals surface area contributed by atoms with Gasteiger partial charge in [0.1, 0.15) is 5.82 Å².